The van der Waals surface area contributed by atoms with Gasteiger partial charge in [-0.1, -0.05) is 0 Å². The molecule has 2 aromatic carbocycles. The number of furan rings is 1. The van der Waals surface area contributed by atoms with E-state index in [4.69, 9.17) is 18.6 Å². The van der Waals surface area contributed by atoms with Gasteiger partial charge in [-0.05, 0) is 55.5 Å². The van der Waals surface area contributed by atoms with Gasteiger partial charge in [0.15, 0.2) is 17.3 Å². The summed E-state index contributed by atoms with van der Waals surface area (Å²) in [5.41, 5.74) is 2.58. The maximum atomic E-state index is 12.4. The first kappa shape index (κ1) is 25.0. The van der Waals surface area contributed by atoms with Gasteiger partial charge in [-0.15, -0.1) is 0 Å². The monoisotopic (exact) mass is 475 g/mol. The molecular formula is C25H27F2NO6. The van der Waals surface area contributed by atoms with E-state index in [1.807, 2.05) is 24.3 Å². The first-order valence-corrected chi connectivity index (χ1v) is 10.6. The molecule has 1 aromatic heterocycles. The van der Waals surface area contributed by atoms with E-state index in [1.54, 1.807) is 31.2 Å². The number of benzene rings is 2. The van der Waals surface area contributed by atoms with Crippen molar-refractivity contribution in [1.29, 1.82) is 0 Å². The van der Waals surface area contributed by atoms with E-state index < -0.39 is 6.61 Å². The third-order valence-electron chi connectivity index (χ3n) is 5.12. The zero-order valence-corrected chi connectivity index (χ0v) is 19.3. The van der Waals surface area contributed by atoms with Crippen molar-refractivity contribution >= 4 is 11.5 Å². The molecule has 1 aliphatic heterocycles. The van der Waals surface area contributed by atoms with E-state index in [0.29, 0.717) is 11.3 Å². The summed E-state index contributed by atoms with van der Waals surface area (Å²) in [7, 11) is 2.72. The summed E-state index contributed by atoms with van der Waals surface area (Å²) in [6.07, 6.45) is 1.51. The number of Topliss-reactive ketones (excluding diaryl/α,β-unsaturated/α-hetero) is 1. The Bertz CT molecular complexity index is 1020. The SMILES string of the molecule is CC(=O)c1ccc(N2CCOCC2)cc1.COc1cc(-c2ccco2)cc(OC)c1OC(F)F. The first-order valence-electron chi connectivity index (χ1n) is 10.6. The van der Waals surface area contributed by atoms with Gasteiger partial charge < -0.3 is 28.3 Å². The fourth-order valence-corrected chi connectivity index (χ4v) is 3.40. The Morgan fingerprint density at radius 1 is 1.00 bits per heavy atom. The number of hydrogen-bond acceptors (Lipinski definition) is 7. The Labute approximate surface area is 196 Å². The van der Waals surface area contributed by atoms with Gasteiger partial charge in [0.25, 0.3) is 0 Å². The van der Waals surface area contributed by atoms with Gasteiger partial charge in [0.1, 0.15) is 5.76 Å². The van der Waals surface area contributed by atoms with Crippen molar-refractivity contribution in [1.82, 2.24) is 0 Å². The third-order valence-corrected chi connectivity index (χ3v) is 5.12. The summed E-state index contributed by atoms with van der Waals surface area (Å²) in [5.74, 6) is 0.830. The van der Waals surface area contributed by atoms with Crippen LogP contribution in [0.15, 0.2) is 59.2 Å². The summed E-state index contributed by atoms with van der Waals surface area (Å²) in [6, 6.07) is 14.3. The molecule has 0 radical (unpaired) electrons. The third kappa shape index (κ3) is 6.48. The van der Waals surface area contributed by atoms with Crippen LogP contribution < -0.4 is 19.1 Å². The fraction of sp³-hybridized carbons (Fsp3) is 0.320. The van der Waals surface area contributed by atoms with Crippen LogP contribution in [-0.2, 0) is 4.74 Å². The molecule has 182 valence electrons. The highest BCUT2D eigenvalue weighted by atomic mass is 19.3. The molecule has 1 fully saturated rings. The minimum Gasteiger partial charge on any atom is -0.493 e. The summed E-state index contributed by atoms with van der Waals surface area (Å²) in [6.45, 7) is 2.06. The van der Waals surface area contributed by atoms with Crippen LogP contribution in [0, 0.1) is 0 Å². The quantitative estimate of drug-likeness (QED) is 0.430. The molecule has 4 rings (SSSR count). The first-order chi connectivity index (χ1) is 16.4. The minimum atomic E-state index is -2.96. The van der Waals surface area contributed by atoms with E-state index in [0.717, 1.165) is 31.9 Å². The second-order valence-corrected chi connectivity index (χ2v) is 7.27. The van der Waals surface area contributed by atoms with Gasteiger partial charge in [-0.2, -0.15) is 8.78 Å². The molecule has 0 N–H and O–H groups in total. The maximum absolute atomic E-state index is 12.4. The molecule has 0 atom stereocenters. The standard InChI is InChI=1S/C13H12F2O4.C12H15NO2/c1-16-10-6-8(9-4-3-5-18-9)7-11(17-2)12(10)19-13(14)15;1-10(14)11-2-4-12(5-3-11)13-6-8-15-9-7-13/h3-7,13H,1-2H3;2-5H,6-9H2,1H3. The number of alkyl halides is 2. The van der Waals surface area contributed by atoms with Crippen molar-refractivity contribution in [3.05, 3.63) is 60.4 Å². The van der Waals surface area contributed by atoms with Crippen LogP contribution in [0.4, 0.5) is 14.5 Å². The number of rotatable bonds is 7. The number of nitrogens with zero attached hydrogens (tertiary/aromatic N) is 1. The van der Waals surface area contributed by atoms with Crippen LogP contribution in [0.5, 0.6) is 17.2 Å². The molecule has 1 aliphatic rings. The van der Waals surface area contributed by atoms with E-state index in [2.05, 4.69) is 9.64 Å². The van der Waals surface area contributed by atoms with Crippen LogP contribution in [0.3, 0.4) is 0 Å². The second kappa shape index (κ2) is 12.0. The van der Waals surface area contributed by atoms with Crippen molar-refractivity contribution in [3.63, 3.8) is 0 Å². The molecule has 0 spiro atoms. The summed E-state index contributed by atoms with van der Waals surface area (Å²) in [5, 5.41) is 0. The van der Waals surface area contributed by atoms with E-state index >= 15 is 0 Å². The van der Waals surface area contributed by atoms with Crippen LogP contribution in [0.1, 0.15) is 17.3 Å². The molecule has 9 heteroatoms. The number of hydrogen-bond donors (Lipinski definition) is 0. The smallest absolute Gasteiger partial charge is 0.387 e. The molecule has 0 bridgehead atoms. The molecule has 3 aromatic rings. The van der Waals surface area contributed by atoms with Crippen molar-refractivity contribution < 1.29 is 36.9 Å². The van der Waals surface area contributed by atoms with Crippen LogP contribution >= 0.6 is 0 Å². The number of ketones is 1. The van der Waals surface area contributed by atoms with Gasteiger partial charge in [-0.25, -0.2) is 0 Å². The molecule has 0 amide bonds. The van der Waals surface area contributed by atoms with Gasteiger partial charge in [0.2, 0.25) is 5.75 Å². The van der Waals surface area contributed by atoms with Gasteiger partial charge in [-0.3, -0.25) is 4.79 Å². The molecule has 0 saturated carbocycles. The number of methoxy groups -OCH3 is 2. The lowest BCUT2D eigenvalue weighted by Crippen LogP contribution is -2.36. The van der Waals surface area contributed by atoms with Crippen LogP contribution in [-0.4, -0.2) is 52.9 Å². The van der Waals surface area contributed by atoms with Crippen LogP contribution in [0.2, 0.25) is 0 Å². The fourth-order valence-electron chi connectivity index (χ4n) is 3.40. The number of anilines is 1. The largest absolute Gasteiger partial charge is 0.493 e. The lowest BCUT2D eigenvalue weighted by atomic mass is 10.1. The minimum absolute atomic E-state index is 0.114. The van der Waals surface area contributed by atoms with E-state index in [-0.39, 0.29) is 23.0 Å². The second-order valence-electron chi connectivity index (χ2n) is 7.27. The Morgan fingerprint density at radius 2 is 1.62 bits per heavy atom. The molecule has 34 heavy (non-hydrogen) atoms. The molecule has 1 saturated heterocycles. The maximum Gasteiger partial charge on any atom is 0.387 e. The zero-order chi connectivity index (χ0) is 24.5. The average Bonchev–Trinajstić information content (AvgIpc) is 3.40. The molecule has 0 unspecified atom stereocenters. The number of halogens is 2. The van der Waals surface area contributed by atoms with Gasteiger partial charge in [0, 0.05) is 29.9 Å². The predicted molar refractivity (Wildman–Crippen MR) is 123 cm³/mol. The predicted octanol–water partition coefficient (Wildman–Crippen LogP) is 5.29. The zero-order valence-electron chi connectivity index (χ0n) is 19.3. The van der Waals surface area contributed by atoms with E-state index in [9.17, 15) is 13.6 Å². The molecule has 2 heterocycles. The number of carbonyl (C=O) groups is 1. The Morgan fingerprint density at radius 3 is 2.09 bits per heavy atom. The highest BCUT2D eigenvalue weighted by Crippen LogP contribution is 2.42. The normalized spacial score (nSPS) is 13.2. The molecule has 7 nitrogen and oxygen atoms in total. The number of carbonyl (C=O) groups excluding carboxylic acids is 1. The van der Waals surface area contributed by atoms with Gasteiger partial charge >= 0.3 is 6.61 Å². The Hall–Kier alpha value is -3.59. The van der Waals surface area contributed by atoms with Crippen LogP contribution in [0.25, 0.3) is 11.3 Å². The summed E-state index contributed by atoms with van der Waals surface area (Å²) >= 11 is 0. The topological polar surface area (TPSA) is 70.4 Å². The lowest BCUT2D eigenvalue weighted by Gasteiger charge is -2.28. The molecule has 0 aliphatic carbocycles. The lowest BCUT2D eigenvalue weighted by molar-refractivity contribution is -0.0526. The van der Waals surface area contributed by atoms with Crippen molar-refractivity contribution in [3.8, 4) is 28.6 Å². The Balaban J connectivity index is 0.000000196. The highest BCUT2D eigenvalue weighted by Gasteiger charge is 2.19. The number of morpholine rings is 1. The summed E-state index contributed by atoms with van der Waals surface area (Å²) < 4.78 is 49.8. The van der Waals surface area contributed by atoms with Crippen molar-refractivity contribution in [2.45, 2.75) is 13.5 Å². The average molecular weight is 475 g/mol. The van der Waals surface area contributed by atoms with Gasteiger partial charge in [0.05, 0.1) is 33.7 Å². The molecular weight excluding hydrogens is 448 g/mol. The van der Waals surface area contributed by atoms with Crippen molar-refractivity contribution in [2.75, 3.05) is 45.4 Å². The van der Waals surface area contributed by atoms with E-state index in [1.165, 1.54) is 26.2 Å². The number of ether oxygens (including phenoxy) is 4. The summed E-state index contributed by atoms with van der Waals surface area (Å²) in [4.78, 5) is 13.4. The van der Waals surface area contributed by atoms with Crippen molar-refractivity contribution in [2.24, 2.45) is 0 Å². The highest BCUT2D eigenvalue weighted by molar-refractivity contribution is 5.94. The Kier molecular flexibility index (Phi) is 8.86.